The van der Waals surface area contributed by atoms with Crippen molar-refractivity contribution >= 4 is 22.7 Å². The first-order valence-corrected chi connectivity index (χ1v) is 5.05. The second kappa shape index (κ2) is 2.30. The molecule has 1 aliphatic rings. The molecule has 1 aromatic carbocycles. The van der Waals surface area contributed by atoms with E-state index in [2.05, 4.69) is 12.1 Å². The van der Waals surface area contributed by atoms with Crippen molar-refractivity contribution in [3.05, 3.63) is 30.0 Å². The average molecular weight is 176 g/mol. The van der Waals surface area contributed by atoms with Gasteiger partial charge in [-0.2, -0.15) is 0 Å². The summed E-state index contributed by atoms with van der Waals surface area (Å²) in [7, 11) is 0. The van der Waals surface area contributed by atoms with E-state index in [0.717, 1.165) is 12.0 Å². The van der Waals surface area contributed by atoms with Gasteiger partial charge in [0.15, 0.2) is 0 Å². The minimum Gasteiger partial charge on any atom is -0.464 e. The van der Waals surface area contributed by atoms with E-state index >= 15 is 0 Å². The molecule has 3 rings (SSSR count). The van der Waals surface area contributed by atoms with Gasteiger partial charge in [0.25, 0.3) is 0 Å². The second-order valence-corrected chi connectivity index (χ2v) is 4.13. The molecule has 0 radical (unpaired) electrons. The van der Waals surface area contributed by atoms with Crippen molar-refractivity contribution in [2.75, 3.05) is 5.75 Å². The molecule has 0 atom stereocenters. The molecular weight excluding hydrogens is 168 g/mol. The van der Waals surface area contributed by atoms with Crippen LogP contribution in [0.3, 0.4) is 0 Å². The van der Waals surface area contributed by atoms with Crippen molar-refractivity contribution in [3.8, 4) is 0 Å². The summed E-state index contributed by atoms with van der Waals surface area (Å²) in [6, 6.07) is 6.27. The summed E-state index contributed by atoms with van der Waals surface area (Å²) in [5.41, 5.74) is 2.41. The predicted molar refractivity (Wildman–Crippen MR) is 50.6 cm³/mol. The van der Waals surface area contributed by atoms with Gasteiger partial charge in [-0.15, -0.1) is 11.8 Å². The van der Waals surface area contributed by atoms with Crippen LogP contribution >= 0.6 is 11.8 Å². The third-order valence-corrected chi connectivity index (χ3v) is 3.33. The lowest BCUT2D eigenvalue weighted by atomic mass is 10.1. The van der Waals surface area contributed by atoms with E-state index in [0.29, 0.717) is 0 Å². The topological polar surface area (TPSA) is 13.1 Å². The lowest BCUT2D eigenvalue weighted by molar-refractivity contribution is 0.611. The van der Waals surface area contributed by atoms with Crippen LogP contribution in [0.15, 0.2) is 33.8 Å². The van der Waals surface area contributed by atoms with Crippen LogP contribution in [0.5, 0.6) is 0 Å². The largest absolute Gasteiger partial charge is 0.464 e. The lowest BCUT2D eigenvalue weighted by Gasteiger charge is -2.09. The molecular formula is C10H8OS. The van der Waals surface area contributed by atoms with Crippen LogP contribution in [0.1, 0.15) is 5.56 Å². The maximum absolute atomic E-state index is 5.45. The smallest absolute Gasteiger partial charge is 0.135 e. The van der Waals surface area contributed by atoms with Gasteiger partial charge in [-0.25, -0.2) is 0 Å². The molecule has 0 N–H and O–H groups in total. The number of thioether (sulfide) groups is 1. The predicted octanol–water partition coefficient (Wildman–Crippen LogP) is 3.08. The van der Waals surface area contributed by atoms with Gasteiger partial charge in [0.2, 0.25) is 0 Å². The number of hydrogen-bond donors (Lipinski definition) is 0. The van der Waals surface area contributed by atoms with Gasteiger partial charge in [0.05, 0.1) is 6.26 Å². The van der Waals surface area contributed by atoms with Crippen molar-refractivity contribution in [2.45, 2.75) is 11.3 Å². The summed E-state index contributed by atoms with van der Waals surface area (Å²) < 4.78 is 5.45. The van der Waals surface area contributed by atoms with Crippen molar-refractivity contribution in [3.63, 3.8) is 0 Å². The summed E-state index contributed by atoms with van der Waals surface area (Å²) in [4.78, 5) is 1.38. The van der Waals surface area contributed by atoms with Crippen molar-refractivity contribution in [2.24, 2.45) is 0 Å². The molecule has 1 aliphatic heterocycles. The van der Waals surface area contributed by atoms with Crippen LogP contribution in [0.25, 0.3) is 11.0 Å². The van der Waals surface area contributed by atoms with E-state index in [9.17, 15) is 0 Å². The Morgan fingerprint density at radius 2 is 2.33 bits per heavy atom. The van der Waals surface area contributed by atoms with Crippen LogP contribution in [-0.2, 0) is 6.42 Å². The molecule has 0 bridgehead atoms. The van der Waals surface area contributed by atoms with Gasteiger partial charge in [-0.05, 0) is 18.6 Å². The number of rotatable bonds is 0. The fourth-order valence-electron chi connectivity index (χ4n) is 1.69. The molecule has 0 amide bonds. The Labute approximate surface area is 74.8 Å². The molecule has 1 aromatic heterocycles. The molecule has 0 saturated heterocycles. The first kappa shape index (κ1) is 6.61. The molecule has 0 unspecified atom stereocenters. The molecule has 0 aliphatic carbocycles. The molecule has 1 nitrogen and oxygen atoms in total. The highest BCUT2D eigenvalue weighted by atomic mass is 32.2. The number of hydrogen-bond acceptors (Lipinski definition) is 2. The Morgan fingerprint density at radius 3 is 3.33 bits per heavy atom. The van der Waals surface area contributed by atoms with E-state index in [1.165, 1.54) is 21.6 Å². The van der Waals surface area contributed by atoms with E-state index in [1.54, 1.807) is 0 Å². The third kappa shape index (κ3) is 0.758. The van der Waals surface area contributed by atoms with Gasteiger partial charge in [-0.3, -0.25) is 0 Å². The first-order chi connectivity index (χ1) is 5.95. The normalized spacial score (nSPS) is 15.3. The van der Waals surface area contributed by atoms with E-state index < -0.39 is 0 Å². The van der Waals surface area contributed by atoms with Crippen LogP contribution in [0.2, 0.25) is 0 Å². The highest BCUT2D eigenvalue weighted by molar-refractivity contribution is 7.99. The van der Waals surface area contributed by atoms with E-state index in [1.807, 2.05) is 24.1 Å². The quantitative estimate of drug-likeness (QED) is 0.612. The van der Waals surface area contributed by atoms with Gasteiger partial charge in [-0.1, -0.05) is 6.07 Å². The van der Waals surface area contributed by atoms with Gasteiger partial charge in [0.1, 0.15) is 5.58 Å². The summed E-state index contributed by atoms with van der Waals surface area (Å²) in [5.74, 6) is 1.19. The maximum atomic E-state index is 5.45. The molecule has 2 aromatic rings. The molecule has 0 fully saturated rings. The van der Waals surface area contributed by atoms with E-state index in [-0.39, 0.29) is 0 Å². The minimum atomic E-state index is 1.04. The third-order valence-electron chi connectivity index (χ3n) is 2.27. The van der Waals surface area contributed by atoms with Crippen molar-refractivity contribution in [1.82, 2.24) is 0 Å². The Hall–Kier alpha value is -0.890. The Balaban J connectivity index is 2.50. The molecule has 12 heavy (non-hydrogen) atoms. The number of benzene rings is 1. The summed E-state index contributed by atoms with van der Waals surface area (Å²) in [6.45, 7) is 0. The zero-order valence-electron chi connectivity index (χ0n) is 6.54. The van der Waals surface area contributed by atoms with Crippen LogP contribution in [-0.4, -0.2) is 5.75 Å². The standard InChI is InChI=1S/C10H8OS/c1-2-8-10-7(6-11-8)4-5-12-9(10)3-1/h1-3,6H,4-5H2. The summed E-state index contributed by atoms with van der Waals surface area (Å²) in [5, 5.41) is 1.34. The van der Waals surface area contributed by atoms with Crippen molar-refractivity contribution in [1.29, 1.82) is 0 Å². The van der Waals surface area contributed by atoms with Gasteiger partial charge < -0.3 is 4.42 Å². The SMILES string of the molecule is c1cc2c3c(coc3c1)CCS2. The Morgan fingerprint density at radius 1 is 1.33 bits per heavy atom. The molecule has 2 heteroatoms. The summed E-state index contributed by atoms with van der Waals surface area (Å²) in [6.07, 6.45) is 3.04. The van der Waals surface area contributed by atoms with Gasteiger partial charge in [0, 0.05) is 21.6 Å². The molecule has 2 heterocycles. The first-order valence-electron chi connectivity index (χ1n) is 4.07. The highest BCUT2D eigenvalue weighted by Crippen LogP contribution is 2.36. The molecule has 60 valence electrons. The fraction of sp³-hybridized carbons (Fsp3) is 0.200. The average Bonchev–Trinajstić information content (AvgIpc) is 2.52. The zero-order chi connectivity index (χ0) is 7.97. The number of furan rings is 1. The van der Waals surface area contributed by atoms with Crippen molar-refractivity contribution < 1.29 is 4.42 Å². The fourth-order valence-corrected chi connectivity index (χ4v) is 2.79. The van der Waals surface area contributed by atoms with Gasteiger partial charge >= 0.3 is 0 Å². The second-order valence-electron chi connectivity index (χ2n) is 2.99. The number of aryl methyl sites for hydroxylation is 1. The highest BCUT2D eigenvalue weighted by Gasteiger charge is 2.14. The maximum Gasteiger partial charge on any atom is 0.135 e. The van der Waals surface area contributed by atoms with E-state index in [4.69, 9.17) is 4.42 Å². The van der Waals surface area contributed by atoms with Crippen LogP contribution in [0, 0.1) is 0 Å². The Kier molecular flexibility index (Phi) is 1.27. The van der Waals surface area contributed by atoms with Crippen LogP contribution in [0.4, 0.5) is 0 Å². The minimum absolute atomic E-state index is 1.04. The lowest BCUT2D eigenvalue weighted by Crippen LogP contribution is -1.93. The summed E-state index contributed by atoms with van der Waals surface area (Å²) >= 11 is 1.93. The Bertz CT molecular complexity index is 430. The van der Waals surface area contributed by atoms with Crippen LogP contribution < -0.4 is 0 Å². The molecule has 0 spiro atoms. The monoisotopic (exact) mass is 176 g/mol. The molecule has 0 saturated carbocycles. The zero-order valence-corrected chi connectivity index (χ0v) is 7.36.